The van der Waals surface area contributed by atoms with Gasteiger partial charge in [0, 0.05) is 6.07 Å². The highest BCUT2D eigenvalue weighted by Gasteiger charge is 2.29. The second kappa shape index (κ2) is 9.31. The standard InChI is InChI=1S/C17H23NO6S/c1-4-5-8-14(17(19)24-3)12-11-13(2)25(22,23)16-10-7-6-9-15(16)18(20)21/h6-7,9-14H,4-5,8H2,1-3H3/t13-,14+/m0/s1. The number of carbonyl (C=O) groups excluding carboxylic acids is 1. The lowest BCUT2D eigenvalue weighted by Crippen LogP contribution is -2.19. The topological polar surface area (TPSA) is 104 Å². The molecular formula is C17H23NO6S. The van der Waals surface area contributed by atoms with Crippen LogP contribution in [0.15, 0.2) is 41.3 Å². The van der Waals surface area contributed by atoms with Gasteiger partial charge in [-0.25, -0.2) is 8.42 Å². The van der Waals surface area contributed by atoms with Gasteiger partial charge < -0.3 is 4.74 Å². The molecular weight excluding hydrogens is 346 g/mol. The van der Waals surface area contributed by atoms with Gasteiger partial charge in [-0.2, -0.15) is 0 Å². The maximum atomic E-state index is 12.7. The lowest BCUT2D eigenvalue weighted by molar-refractivity contribution is -0.387. The quantitative estimate of drug-likeness (QED) is 0.286. The first-order chi connectivity index (χ1) is 11.8. The maximum Gasteiger partial charge on any atom is 0.312 e. The van der Waals surface area contributed by atoms with E-state index in [1.165, 1.54) is 44.4 Å². The van der Waals surface area contributed by atoms with E-state index in [9.17, 15) is 23.3 Å². The van der Waals surface area contributed by atoms with Crippen LogP contribution in [-0.2, 0) is 19.4 Å². The lowest BCUT2D eigenvalue weighted by Gasteiger charge is -2.12. The van der Waals surface area contributed by atoms with Crippen molar-refractivity contribution in [2.45, 2.75) is 43.3 Å². The first-order valence-electron chi connectivity index (χ1n) is 7.99. The molecule has 0 saturated heterocycles. The van der Waals surface area contributed by atoms with E-state index < -0.39 is 37.6 Å². The minimum absolute atomic E-state index is 0.333. The molecule has 0 aliphatic heterocycles. The van der Waals surface area contributed by atoms with Crippen molar-refractivity contribution in [3.05, 3.63) is 46.5 Å². The smallest absolute Gasteiger partial charge is 0.312 e. The van der Waals surface area contributed by atoms with E-state index in [-0.39, 0.29) is 4.90 Å². The Balaban J connectivity index is 3.10. The molecule has 2 atom stereocenters. The van der Waals surface area contributed by atoms with Crippen molar-refractivity contribution < 1.29 is 22.9 Å². The van der Waals surface area contributed by atoms with Gasteiger partial charge in [-0.3, -0.25) is 14.9 Å². The molecule has 0 unspecified atom stereocenters. The van der Waals surface area contributed by atoms with E-state index in [2.05, 4.69) is 0 Å². The number of benzene rings is 1. The van der Waals surface area contributed by atoms with Gasteiger partial charge in [-0.05, 0) is 19.4 Å². The molecule has 25 heavy (non-hydrogen) atoms. The molecule has 0 saturated carbocycles. The minimum Gasteiger partial charge on any atom is -0.469 e. The molecule has 0 aromatic heterocycles. The number of para-hydroxylation sites is 1. The number of hydrogen-bond donors (Lipinski definition) is 0. The molecule has 0 spiro atoms. The average molecular weight is 369 g/mol. The van der Waals surface area contributed by atoms with Crippen LogP contribution < -0.4 is 0 Å². The fourth-order valence-corrected chi connectivity index (χ4v) is 3.71. The third-order valence-electron chi connectivity index (χ3n) is 3.84. The number of methoxy groups -OCH3 is 1. The fraction of sp³-hybridized carbons (Fsp3) is 0.471. The Morgan fingerprint density at radius 2 is 1.96 bits per heavy atom. The van der Waals surface area contributed by atoms with Crippen molar-refractivity contribution in [2.24, 2.45) is 5.92 Å². The van der Waals surface area contributed by atoms with Gasteiger partial charge in [0.15, 0.2) is 9.84 Å². The van der Waals surface area contributed by atoms with Gasteiger partial charge in [-0.1, -0.05) is 44.1 Å². The zero-order chi connectivity index (χ0) is 19.0. The highest BCUT2D eigenvalue weighted by atomic mass is 32.2. The molecule has 0 bridgehead atoms. The van der Waals surface area contributed by atoms with Gasteiger partial charge >= 0.3 is 5.97 Å². The number of sulfone groups is 1. The summed E-state index contributed by atoms with van der Waals surface area (Å²) in [6.45, 7) is 3.41. The molecule has 8 heteroatoms. The van der Waals surface area contributed by atoms with Crippen molar-refractivity contribution in [3.63, 3.8) is 0 Å². The SMILES string of the molecule is CCCC[C@H](C=C[C@H](C)S(=O)(=O)c1ccccc1[N+](=O)[O-])C(=O)OC. The van der Waals surface area contributed by atoms with Gasteiger partial charge in [-0.15, -0.1) is 0 Å². The number of hydrogen-bond acceptors (Lipinski definition) is 6. The maximum absolute atomic E-state index is 12.7. The van der Waals surface area contributed by atoms with Gasteiger partial charge in [0.2, 0.25) is 0 Å². The molecule has 0 radical (unpaired) electrons. The van der Waals surface area contributed by atoms with Crippen LogP contribution in [0.3, 0.4) is 0 Å². The minimum atomic E-state index is -3.94. The highest BCUT2D eigenvalue weighted by Crippen LogP contribution is 2.27. The number of rotatable bonds is 9. The van der Waals surface area contributed by atoms with Crippen molar-refractivity contribution in [2.75, 3.05) is 7.11 Å². The second-order valence-electron chi connectivity index (χ2n) is 5.63. The predicted molar refractivity (Wildman–Crippen MR) is 93.9 cm³/mol. The summed E-state index contributed by atoms with van der Waals surface area (Å²) in [5, 5.41) is 10.1. The summed E-state index contributed by atoms with van der Waals surface area (Å²) in [5.41, 5.74) is -0.460. The number of nitro groups is 1. The molecule has 0 aliphatic rings. The Kier molecular flexibility index (Phi) is 7.76. The Morgan fingerprint density at radius 1 is 1.32 bits per heavy atom. The van der Waals surface area contributed by atoms with E-state index in [1.807, 2.05) is 6.92 Å². The van der Waals surface area contributed by atoms with Crippen LogP contribution in [0, 0.1) is 16.0 Å². The van der Waals surface area contributed by atoms with Gasteiger partial charge in [0.1, 0.15) is 4.90 Å². The summed E-state index contributed by atoms with van der Waals surface area (Å²) in [7, 11) is -2.66. The molecule has 138 valence electrons. The fourth-order valence-electron chi connectivity index (χ4n) is 2.31. The van der Waals surface area contributed by atoms with E-state index in [1.54, 1.807) is 0 Å². The zero-order valence-corrected chi connectivity index (χ0v) is 15.4. The van der Waals surface area contributed by atoms with Crippen LogP contribution in [0.1, 0.15) is 33.1 Å². The number of carbonyl (C=O) groups is 1. The summed E-state index contributed by atoms with van der Waals surface area (Å²) in [4.78, 5) is 21.8. The Hall–Kier alpha value is -2.22. The summed E-state index contributed by atoms with van der Waals surface area (Å²) in [6.07, 6.45) is 5.15. The second-order valence-corrected chi connectivity index (χ2v) is 7.91. The summed E-state index contributed by atoms with van der Waals surface area (Å²) in [6, 6.07) is 5.22. The summed E-state index contributed by atoms with van der Waals surface area (Å²) in [5.74, 6) is -0.964. The number of unbranched alkanes of at least 4 members (excludes halogenated alkanes) is 1. The molecule has 0 N–H and O–H groups in total. The van der Waals surface area contributed by atoms with Crippen LogP contribution in [0.5, 0.6) is 0 Å². The molecule has 1 aromatic rings. The number of nitrogens with zero attached hydrogens (tertiary/aromatic N) is 1. The molecule has 0 fully saturated rings. The number of esters is 1. The molecule has 0 aliphatic carbocycles. The Bertz CT molecular complexity index is 741. The summed E-state index contributed by atoms with van der Waals surface area (Å²) < 4.78 is 30.0. The summed E-state index contributed by atoms with van der Waals surface area (Å²) >= 11 is 0. The van der Waals surface area contributed by atoms with E-state index >= 15 is 0 Å². The first-order valence-corrected chi connectivity index (χ1v) is 9.53. The molecule has 0 amide bonds. The molecule has 0 heterocycles. The van der Waals surface area contributed by atoms with Crippen LogP contribution in [0.4, 0.5) is 5.69 Å². The number of nitro benzene ring substituents is 1. The first kappa shape index (κ1) is 20.8. The largest absolute Gasteiger partial charge is 0.469 e. The highest BCUT2D eigenvalue weighted by molar-refractivity contribution is 7.92. The van der Waals surface area contributed by atoms with Crippen molar-refractivity contribution in [1.82, 2.24) is 0 Å². The Labute approximate surface area is 147 Å². The predicted octanol–water partition coefficient (Wildman–Crippen LogP) is 3.29. The molecule has 1 aromatic carbocycles. The van der Waals surface area contributed by atoms with Gasteiger partial charge in [0.05, 0.1) is 23.2 Å². The average Bonchev–Trinajstić information content (AvgIpc) is 2.60. The van der Waals surface area contributed by atoms with Crippen LogP contribution >= 0.6 is 0 Å². The third kappa shape index (κ3) is 5.38. The van der Waals surface area contributed by atoms with Crippen molar-refractivity contribution in [1.29, 1.82) is 0 Å². The Morgan fingerprint density at radius 3 is 2.52 bits per heavy atom. The zero-order valence-electron chi connectivity index (χ0n) is 14.5. The third-order valence-corrected chi connectivity index (χ3v) is 5.94. The van der Waals surface area contributed by atoms with E-state index in [0.29, 0.717) is 6.42 Å². The van der Waals surface area contributed by atoms with Crippen LogP contribution in [0.25, 0.3) is 0 Å². The lowest BCUT2D eigenvalue weighted by atomic mass is 10.0. The molecule has 1 rings (SSSR count). The van der Waals surface area contributed by atoms with Crippen molar-refractivity contribution >= 4 is 21.5 Å². The van der Waals surface area contributed by atoms with Crippen LogP contribution in [0.2, 0.25) is 0 Å². The molecule has 7 nitrogen and oxygen atoms in total. The van der Waals surface area contributed by atoms with Gasteiger partial charge in [0.25, 0.3) is 5.69 Å². The van der Waals surface area contributed by atoms with Crippen LogP contribution in [-0.4, -0.2) is 31.7 Å². The van der Waals surface area contributed by atoms with Crippen molar-refractivity contribution in [3.8, 4) is 0 Å². The van der Waals surface area contributed by atoms with E-state index in [0.717, 1.165) is 18.9 Å². The normalized spacial score (nSPS) is 14.2. The monoisotopic (exact) mass is 369 g/mol. The number of ether oxygens (including phenoxy) is 1. The van der Waals surface area contributed by atoms with E-state index in [4.69, 9.17) is 4.74 Å².